The van der Waals surface area contributed by atoms with Crippen LogP contribution in [0.1, 0.15) is 0 Å². The van der Waals surface area contributed by atoms with Crippen LogP contribution in [0.25, 0.3) is 0 Å². The van der Waals surface area contributed by atoms with Gasteiger partial charge in [-0.3, -0.25) is 4.79 Å². The van der Waals surface area contributed by atoms with Crippen molar-refractivity contribution in [1.82, 2.24) is 10.6 Å². The number of ether oxygens (including phenoxy) is 2. The summed E-state index contributed by atoms with van der Waals surface area (Å²) in [7, 11) is 0. The Hall–Kier alpha value is -2.14. The standard InChI is InChI=1S/C9H14N4O7/c10-9(15)11-1-6(14)12-4-2-18-8-5(20-13(16)17)3-19-7(4)8/h4-5,7-8H,1-3H2,(H,12,14)(H3,10,11,15)/t4-,5?,7+,8+/m0/s1. The average Bonchev–Trinajstić information content (AvgIpc) is 2.91. The first-order chi connectivity index (χ1) is 9.47. The summed E-state index contributed by atoms with van der Waals surface area (Å²) in [5, 5.41) is 14.1. The van der Waals surface area contributed by atoms with Crippen LogP contribution in [0.3, 0.4) is 0 Å². The minimum absolute atomic E-state index is 0.0161. The van der Waals surface area contributed by atoms with Crippen LogP contribution < -0.4 is 16.4 Å². The van der Waals surface area contributed by atoms with Gasteiger partial charge >= 0.3 is 6.03 Å². The highest BCUT2D eigenvalue weighted by molar-refractivity contribution is 5.83. The molecule has 0 aromatic rings. The number of rotatable bonds is 5. The Kier molecular flexibility index (Phi) is 4.20. The molecule has 112 valence electrons. The molecule has 20 heavy (non-hydrogen) atoms. The molecule has 0 bridgehead atoms. The zero-order chi connectivity index (χ0) is 14.7. The van der Waals surface area contributed by atoms with E-state index >= 15 is 0 Å². The zero-order valence-corrected chi connectivity index (χ0v) is 10.3. The van der Waals surface area contributed by atoms with E-state index in [9.17, 15) is 19.7 Å². The SMILES string of the molecule is NC(=O)NCC(=O)N[C@H]1CO[C@@H]2C(O[N+](=O)[O-])CO[C@H]12. The van der Waals surface area contributed by atoms with Crippen molar-refractivity contribution < 1.29 is 29.0 Å². The van der Waals surface area contributed by atoms with Crippen LogP contribution in [-0.4, -0.2) is 61.1 Å². The Morgan fingerprint density at radius 1 is 1.35 bits per heavy atom. The number of primary amides is 1. The van der Waals surface area contributed by atoms with Crippen LogP contribution >= 0.6 is 0 Å². The molecular weight excluding hydrogens is 276 g/mol. The quantitative estimate of drug-likeness (QED) is 0.373. The van der Waals surface area contributed by atoms with Crippen LogP contribution in [0, 0.1) is 10.1 Å². The van der Waals surface area contributed by atoms with Gasteiger partial charge in [0.05, 0.1) is 25.8 Å². The number of carbonyl (C=O) groups excluding carboxylic acids is 2. The van der Waals surface area contributed by atoms with E-state index in [1.807, 2.05) is 0 Å². The zero-order valence-electron chi connectivity index (χ0n) is 10.3. The fourth-order valence-corrected chi connectivity index (χ4v) is 2.21. The summed E-state index contributed by atoms with van der Waals surface area (Å²) in [5.74, 6) is -0.458. The largest absolute Gasteiger partial charge is 0.371 e. The van der Waals surface area contributed by atoms with Crippen molar-refractivity contribution >= 4 is 11.9 Å². The highest BCUT2D eigenvalue weighted by Gasteiger charge is 2.49. The van der Waals surface area contributed by atoms with Gasteiger partial charge in [-0.05, 0) is 0 Å². The molecule has 11 heteroatoms. The lowest BCUT2D eigenvalue weighted by molar-refractivity contribution is -0.769. The van der Waals surface area contributed by atoms with E-state index in [1.54, 1.807) is 0 Å². The minimum Gasteiger partial charge on any atom is -0.371 e. The van der Waals surface area contributed by atoms with Crippen LogP contribution in [0.15, 0.2) is 0 Å². The number of amides is 3. The molecule has 1 unspecified atom stereocenters. The van der Waals surface area contributed by atoms with Gasteiger partial charge in [0, 0.05) is 0 Å². The van der Waals surface area contributed by atoms with E-state index in [-0.39, 0.29) is 19.8 Å². The van der Waals surface area contributed by atoms with Gasteiger partial charge < -0.3 is 30.7 Å². The van der Waals surface area contributed by atoms with Gasteiger partial charge in [0.2, 0.25) is 5.91 Å². The van der Waals surface area contributed by atoms with Crippen molar-refractivity contribution in [1.29, 1.82) is 0 Å². The number of nitrogens with two attached hydrogens (primary N) is 1. The molecule has 3 amide bonds. The third kappa shape index (κ3) is 3.24. The topological polar surface area (TPSA) is 155 Å². The third-order valence-corrected chi connectivity index (χ3v) is 3.00. The number of fused-ring (bicyclic) bond motifs is 1. The molecule has 2 aliphatic heterocycles. The summed E-state index contributed by atoms with van der Waals surface area (Å²) in [6.45, 7) is -0.102. The lowest BCUT2D eigenvalue weighted by Crippen LogP contribution is -2.48. The van der Waals surface area contributed by atoms with Gasteiger partial charge in [-0.25, -0.2) is 4.79 Å². The van der Waals surface area contributed by atoms with E-state index in [1.165, 1.54) is 0 Å². The fraction of sp³-hybridized carbons (Fsp3) is 0.778. The van der Waals surface area contributed by atoms with Crippen molar-refractivity contribution in [3.05, 3.63) is 10.1 Å². The molecule has 2 fully saturated rings. The van der Waals surface area contributed by atoms with E-state index in [2.05, 4.69) is 15.5 Å². The maximum Gasteiger partial charge on any atom is 0.312 e. The van der Waals surface area contributed by atoms with Gasteiger partial charge in [0.1, 0.15) is 12.2 Å². The van der Waals surface area contributed by atoms with Crippen LogP contribution in [0.5, 0.6) is 0 Å². The Morgan fingerprint density at radius 2 is 2.05 bits per heavy atom. The maximum absolute atomic E-state index is 11.5. The lowest BCUT2D eigenvalue weighted by Gasteiger charge is -2.17. The first kappa shape index (κ1) is 14.3. The molecule has 4 N–H and O–H groups in total. The van der Waals surface area contributed by atoms with Crippen LogP contribution in [0.4, 0.5) is 4.79 Å². The van der Waals surface area contributed by atoms with Crippen molar-refractivity contribution in [3.63, 3.8) is 0 Å². The molecule has 2 rings (SSSR count). The number of carbonyl (C=O) groups is 2. The highest BCUT2D eigenvalue weighted by atomic mass is 17.0. The van der Waals surface area contributed by atoms with E-state index in [4.69, 9.17) is 15.2 Å². The Bertz CT molecular complexity index is 417. The number of nitrogens with one attached hydrogen (secondary N) is 2. The monoisotopic (exact) mass is 290 g/mol. The molecule has 2 aliphatic rings. The van der Waals surface area contributed by atoms with Crippen molar-refractivity contribution in [2.45, 2.75) is 24.4 Å². The average molecular weight is 290 g/mol. The molecule has 2 saturated heterocycles. The summed E-state index contributed by atoms with van der Waals surface area (Å²) >= 11 is 0. The third-order valence-electron chi connectivity index (χ3n) is 3.00. The van der Waals surface area contributed by atoms with Crippen molar-refractivity contribution in [3.8, 4) is 0 Å². The molecule has 0 aliphatic carbocycles. The summed E-state index contributed by atoms with van der Waals surface area (Å²) < 4.78 is 10.7. The second kappa shape index (κ2) is 5.88. The number of hydrogen-bond donors (Lipinski definition) is 3. The maximum atomic E-state index is 11.5. The first-order valence-electron chi connectivity index (χ1n) is 5.84. The van der Waals surface area contributed by atoms with Crippen molar-refractivity contribution in [2.75, 3.05) is 19.8 Å². The van der Waals surface area contributed by atoms with E-state index in [0.29, 0.717) is 0 Å². The van der Waals surface area contributed by atoms with E-state index < -0.39 is 41.4 Å². The fourth-order valence-electron chi connectivity index (χ4n) is 2.21. The summed E-state index contributed by atoms with van der Waals surface area (Å²) in [6.07, 6.45) is -1.92. The van der Waals surface area contributed by atoms with Gasteiger partial charge in [0.25, 0.3) is 5.09 Å². The Balaban J connectivity index is 1.83. The molecule has 2 heterocycles. The summed E-state index contributed by atoms with van der Waals surface area (Å²) in [5.41, 5.74) is 4.84. The van der Waals surface area contributed by atoms with Gasteiger partial charge in [-0.15, -0.1) is 10.1 Å². The molecule has 0 saturated carbocycles. The first-order valence-corrected chi connectivity index (χ1v) is 5.84. The molecule has 0 aromatic carbocycles. The predicted octanol–water partition coefficient (Wildman–Crippen LogP) is -2.49. The van der Waals surface area contributed by atoms with Gasteiger partial charge in [-0.1, -0.05) is 0 Å². The van der Waals surface area contributed by atoms with E-state index in [0.717, 1.165) is 0 Å². The molecule has 0 spiro atoms. The second-order valence-electron chi connectivity index (χ2n) is 4.36. The van der Waals surface area contributed by atoms with Crippen molar-refractivity contribution in [2.24, 2.45) is 5.73 Å². The van der Waals surface area contributed by atoms with Crippen LogP contribution in [0.2, 0.25) is 0 Å². The van der Waals surface area contributed by atoms with Gasteiger partial charge in [0.15, 0.2) is 6.10 Å². The second-order valence-corrected chi connectivity index (χ2v) is 4.36. The molecular formula is C9H14N4O7. The predicted molar refractivity (Wildman–Crippen MR) is 60.9 cm³/mol. The number of hydrogen-bond acceptors (Lipinski definition) is 7. The highest BCUT2D eigenvalue weighted by Crippen LogP contribution is 2.28. The number of nitrogens with zero attached hydrogens (tertiary/aromatic N) is 1. The Labute approximate surface area is 112 Å². The van der Waals surface area contributed by atoms with Gasteiger partial charge in [-0.2, -0.15) is 0 Å². The molecule has 11 nitrogen and oxygen atoms in total. The summed E-state index contributed by atoms with van der Waals surface area (Å²) in [4.78, 5) is 36.7. The molecule has 4 atom stereocenters. The minimum atomic E-state index is -0.900. The molecule has 0 radical (unpaired) electrons. The summed E-state index contributed by atoms with van der Waals surface area (Å²) in [6, 6.07) is -1.26. The lowest BCUT2D eigenvalue weighted by atomic mass is 10.1. The molecule has 0 aromatic heterocycles. The Morgan fingerprint density at radius 3 is 2.70 bits per heavy atom. The number of urea groups is 1. The normalized spacial score (nSPS) is 31.4. The smallest absolute Gasteiger partial charge is 0.312 e. The van der Waals surface area contributed by atoms with Crippen LogP contribution in [-0.2, 0) is 19.1 Å².